The van der Waals surface area contributed by atoms with Gasteiger partial charge < -0.3 is 9.32 Å². The molecule has 1 aromatic carbocycles. The van der Waals surface area contributed by atoms with Crippen molar-refractivity contribution in [1.29, 1.82) is 0 Å². The highest BCUT2D eigenvalue weighted by atomic mass is 32.2. The number of benzene rings is 1. The fourth-order valence-corrected chi connectivity index (χ4v) is 5.51. The summed E-state index contributed by atoms with van der Waals surface area (Å²) in [7, 11) is -3.55. The van der Waals surface area contributed by atoms with Crippen molar-refractivity contribution in [2.75, 3.05) is 17.4 Å². The van der Waals surface area contributed by atoms with Gasteiger partial charge in [0.2, 0.25) is 0 Å². The third-order valence-corrected chi connectivity index (χ3v) is 7.25. The van der Waals surface area contributed by atoms with Crippen LogP contribution in [-0.4, -0.2) is 38.4 Å². The molecule has 1 amide bonds. The Labute approximate surface area is 171 Å². The second kappa shape index (κ2) is 8.59. The summed E-state index contributed by atoms with van der Waals surface area (Å²) in [6, 6.07) is 9.02. The van der Waals surface area contributed by atoms with Gasteiger partial charge in [0.25, 0.3) is 5.91 Å². The van der Waals surface area contributed by atoms with Crippen LogP contribution in [0.4, 0.5) is 5.69 Å². The van der Waals surface area contributed by atoms with Crippen molar-refractivity contribution in [1.82, 2.24) is 9.62 Å². The van der Waals surface area contributed by atoms with Gasteiger partial charge in [-0.15, -0.1) is 0 Å². The average Bonchev–Trinajstić information content (AvgIpc) is 3.25. The smallest absolute Gasteiger partial charge is 0.301 e. The van der Waals surface area contributed by atoms with E-state index in [0.29, 0.717) is 30.9 Å². The highest BCUT2D eigenvalue weighted by Crippen LogP contribution is 2.27. The molecule has 2 aromatic rings. The van der Waals surface area contributed by atoms with Crippen LogP contribution in [0.25, 0.3) is 0 Å². The summed E-state index contributed by atoms with van der Waals surface area (Å²) in [4.78, 5) is 15.4. The Bertz CT molecular complexity index is 937. The Morgan fingerprint density at radius 3 is 2.72 bits per heavy atom. The van der Waals surface area contributed by atoms with Gasteiger partial charge in [0.1, 0.15) is 0 Å². The Hall–Kier alpha value is -2.32. The Morgan fingerprint density at radius 2 is 2.00 bits per heavy atom. The minimum Gasteiger partial charge on any atom is -0.472 e. The van der Waals surface area contributed by atoms with Crippen LogP contribution < -0.4 is 9.03 Å². The molecule has 7 nitrogen and oxygen atoms in total. The maximum atomic E-state index is 13.5. The summed E-state index contributed by atoms with van der Waals surface area (Å²) < 4.78 is 33.8. The molecule has 1 saturated heterocycles. The molecule has 0 bridgehead atoms. The van der Waals surface area contributed by atoms with Gasteiger partial charge in [-0.05, 0) is 43.5 Å². The standard InChI is InChI=1S/C21H27N3O4S/c25-21(23(15-17-10-13-28-16-17)19-7-2-1-3-8-19)18-6-4-9-20(14-18)24-12-5-11-22-29(24,26)27/h4,6,9-10,13-14,16,19,22H,1-3,5,7-8,11-12,15H2. The first kappa shape index (κ1) is 20.0. The van der Waals surface area contributed by atoms with E-state index in [0.717, 1.165) is 37.7 Å². The van der Waals surface area contributed by atoms with Crippen molar-refractivity contribution in [2.24, 2.45) is 0 Å². The van der Waals surface area contributed by atoms with Gasteiger partial charge in [0, 0.05) is 36.8 Å². The van der Waals surface area contributed by atoms with Gasteiger partial charge in [-0.2, -0.15) is 13.1 Å². The molecule has 0 spiro atoms. The van der Waals surface area contributed by atoms with Gasteiger partial charge in [-0.3, -0.25) is 9.10 Å². The van der Waals surface area contributed by atoms with Crippen molar-refractivity contribution in [2.45, 2.75) is 51.1 Å². The number of hydrogen-bond acceptors (Lipinski definition) is 4. The number of nitrogens with one attached hydrogen (secondary N) is 1. The van der Waals surface area contributed by atoms with Crippen LogP contribution in [0.5, 0.6) is 0 Å². The number of nitrogens with zero attached hydrogens (tertiary/aromatic N) is 2. The average molecular weight is 418 g/mol. The largest absolute Gasteiger partial charge is 0.472 e. The van der Waals surface area contributed by atoms with Gasteiger partial charge in [0.05, 0.1) is 18.2 Å². The van der Waals surface area contributed by atoms with E-state index in [-0.39, 0.29) is 11.9 Å². The first-order valence-corrected chi connectivity index (χ1v) is 11.7. The summed E-state index contributed by atoms with van der Waals surface area (Å²) >= 11 is 0. The van der Waals surface area contributed by atoms with Crippen LogP contribution in [0.2, 0.25) is 0 Å². The van der Waals surface area contributed by atoms with Crippen molar-refractivity contribution in [3.05, 3.63) is 54.0 Å². The van der Waals surface area contributed by atoms with Crippen LogP contribution in [0, 0.1) is 0 Å². The fourth-order valence-electron chi connectivity index (χ4n) is 4.19. The number of furan rings is 1. The molecule has 1 aliphatic carbocycles. The molecule has 0 atom stereocenters. The van der Waals surface area contributed by atoms with E-state index in [1.165, 1.54) is 10.7 Å². The molecular weight excluding hydrogens is 390 g/mol. The number of carbonyl (C=O) groups excluding carboxylic acids is 1. The topological polar surface area (TPSA) is 82.9 Å². The Kier molecular flexibility index (Phi) is 5.91. The van der Waals surface area contributed by atoms with Crippen molar-refractivity contribution < 1.29 is 17.6 Å². The van der Waals surface area contributed by atoms with E-state index in [9.17, 15) is 13.2 Å². The Balaban J connectivity index is 1.61. The zero-order valence-electron chi connectivity index (χ0n) is 16.4. The second-order valence-electron chi connectivity index (χ2n) is 7.73. The molecule has 0 radical (unpaired) electrons. The molecule has 8 heteroatoms. The summed E-state index contributed by atoms with van der Waals surface area (Å²) in [5.74, 6) is -0.0673. The van der Waals surface area contributed by atoms with Crippen LogP contribution in [-0.2, 0) is 16.8 Å². The number of rotatable bonds is 5. The third-order valence-electron chi connectivity index (χ3n) is 5.70. The lowest BCUT2D eigenvalue weighted by atomic mass is 9.93. The highest BCUT2D eigenvalue weighted by Gasteiger charge is 2.29. The zero-order valence-corrected chi connectivity index (χ0v) is 17.2. The van der Waals surface area contributed by atoms with Crippen molar-refractivity contribution in [3.8, 4) is 0 Å². The first-order chi connectivity index (χ1) is 14.0. The number of carbonyl (C=O) groups is 1. The normalized spacial score (nSPS) is 19.8. The predicted molar refractivity (Wildman–Crippen MR) is 111 cm³/mol. The Morgan fingerprint density at radius 1 is 1.17 bits per heavy atom. The van der Waals surface area contributed by atoms with Gasteiger partial charge in [0.15, 0.2) is 0 Å². The van der Waals surface area contributed by atoms with Crippen molar-refractivity contribution >= 4 is 21.8 Å². The molecule has 0 unspecified atom stereocenters. The quantitative estimate of drug-likeness (QED) is 0.809. The van der Waals surface area contributed by atoms with E-state index in [2.05, 4.69) is 4.72 Å². The molecule has 2 fully saturated rings. The molecule has 1 N–H and O–H groups in total. The molecular formula is C21H27N3O4S. The molecule has 2 aliphatic rings. The zero-order chi connectivity index (χ0) is 20.3. The van der Waals surface area contributed by atoms with E-state index in [1.54, 1.807) is 36.8 Å². The van der Waals surface area contributed by atoms with Crippen LogP contribution in [0.1, 0.15) is 54.4 Å². The van der Waals surface area contributed by atoms with E-state index in [1.807, 2.05) is 11.0 Å². The van der Waals surface area contributed by atoms with Gasteiger partial charge in [-0.25, -0.2) is 0 Å². The molecule has 1 aromatic heterocycles. The maximum absolute atomic E-state index is 13.5. The number of anilines is 1. The SMILES string of the molecule is O=C(c1cccc(N2CCCNS2(=O)=O)c1)N(Cc1ccoc1)C1CCCCC1. The lowest BCUT2D eigenvalue weighted by Gasteiger charge is -2.34. The number of hydrogen-bond donors (Lipinski definition) is 1. The lowest BCUT2D eigenvalue weighted by molar-refractivity contribution is 0.0614. The molecule has 4 rings (SSSR count). The third kappa shape index (κ3) is 4.48. The lowest BCUT2D eigenvalue weighted by Crippen LogP contribution is -2.47. The van der Waals surface area contributed by atoms with Crippen LogP contribution in [0.15, 0.2) is 47.3 Å². The minimum absolute atomic E-state index is 0.0673. The summed E-state index contributed by atoms with van der Waals surface area (Å²) in [6.07, 6.45) is 9.46. The molecule has 1 saturated carbocycles. The van der Waals surface area contributed by atoms with E-state index < -0.39 is 10.2 Å². The molecule has 2 heterocycles. The fraction of sp³-hybridized carbons (Fsp3) is 0.476. The second-order valence-corrected chi connectivity index (χ2v) is 9.41. The first-order valence-electron chi connectivity index (χ1n) is 10.2. The molecule has 1 aliphatic heterocycles. The van der Waals surface area contributed by atoms with E-state index >= 15 is 0 Å². The van der Waals surface area contributed by atoms with Gasteiger partial charge >= 0.3 is 10.2 Å². The highest BCUT2D eigenvalue weighted by molar-refractivity contribution is 7.90. The summed E-state index contributed by atoms with van der Waals surface area (Å²) in [6.45, 7) is 1.35. The summed E-state index contributed by atoms with van der Waals surface area (Å²) in [5, 5.41) is 0. The number of amides is 1. The minimum atomic E-state index is -3.55. The molecule has 156 valence electrons. The van der Waals surface area contributed by atoms with E-state index in [4.69, 9.17) is 4.42 Å². The monoisotopic (exact) mass is 417 g/mol. The van der Waals surface area contributed by atoms with Crippen LogP contribution >= 0.6 is 0 Å². The molecule has 29 heavy (non-hydrogen) atoms. The maximum Gasteiger partial charge on any atom is 0.301 e. The van der Waals surface area contributed by atoms with Gasteiger partial charge in [-0.1, -0.05) is 25.3 Å². The predicted octanol–water partition coefficient (Wildman–Crippen LogP) is 3.30. The summed E-state index contributed by atoms with van der Waals surface area (Å²) in [5.41, 5.74) is 2.00. The van der Waals surface area contributed by atoms with Crippen LogP contribution in [0.3, 0.4) is 0 Å². The van der Waals surface area contributed by atoms with Crippen molar-refractivity contribution in [3.63, 3.8) is 0 Å².